The van der Waals surface area contributed by atoms with Crippen molar-refractivity contribution in [1.29, 1.82) is 0 Å². The van der Waals surface area contributed by atoms with E-state index in [9.17, 15) is 5.48 Å². The van der Waals surface area contributed by atoms with Crippen molar-refractivity contribution < 1.29 is 22.5 Å². The van der Waals surface area contributed by atoms with Crippen LogP contribution in [0.4, 0.5) is 42.9 Å². The summed E-state index contributed by atoms with van der Waals surface area (Å²) in [5.41, 5.74) is 6.50. The van der Waals surface area contributed by atoms with Gasteiger partial charge in [-0.2, -0.15) is 0 Å². The van der Waals surface area contributed by atoms with Crippen molar-refractivity contribution in [3.05, 3.63) is 264 Å². The van der Waals surface area contributed by atoms with Gasteiger partial charge in [0.1, 0.15) is 0 Å². The van der Waals surface area contributed by atoms with E-state index in [4.69, 9.17) is 8.22 Å². The van der Waals surface area contributed by atoms with Gasteiger partial charge in [0, 0.05) is 44.4 Å². The van der Waals surface area contributed by atoms with Crippen molar-refractivity contribution in [2.24, 2.45) is 0 Å². The van der Waals surface area contributed by atoms with Crippen molar-refractivity contribution in [3.8, 4) is 44.5 Å². The highest BCUT2D eigenvalue weighted by molar-refractivity contribution is 6.28. The van der Waals surface area contributed by atoms with E-state index in [-0.39, 0.29) is 66.9 Å². The van der Waals surface area contributed by atoms with Gasteiger partial charge in [-0.05, 0) is 124 Å². The lowest BCUT2D eigenvalue weighted by Gasteiger charge is -2.32. The van der Waals surface area contributed by atoms with Crippen LogP contribution in [0.2, 0.25) is 0 Å². The van der Waals surface area contributed by atoms with E-state index < -0.39 is 72.1 Å². The Hall–Kier alpha value is -8.86. The van der Waals surface area contributed by atoms with Crippen molar-refractivity contribution in [1.82, 2.24) is 0 Å². The average molecular weight is 1110 g/mol. The molecule has 0 aliphatic carbocycles. The second-order valence-corrected chi connectivity index (χ2v) is 26.2. The van der Waals surface area contributed by atoms with Gasteiger partial charge >= 0.3 is 0 Å². The second kappa shape index (κ2) is 21.1. The quantitative estimate of drug-likeness (QED) is 0.126. The van der Waals surface area contributed by atoms with E-state index in [1.54, 1.807) is 24.3 Å². The van der Waals surface area contributed by atoms with Crippen LogP contribution in [-0.4, -0.2) is 0 Å². The molecule has 0 heterocycles. The molecule has 0 aliphatic rings. The largest absolute Gasteiger partial charge is 0.307 e. The topological polar surface area (TPSA) is 6.48 Å². The van der Waals surface area contributed by atoms with Crippen LogP contribution in [0, 0.1) is 11.6 Å². The van der Waals surface area contributed by atoms with Gasteiger partial charge in [-0.25, -0.2) is 8.78 Å². The first-order chi connectivity index (χ1) is 44.2. The van der Waals surface area contributed by atoms with Gasteiger partial charge < -0.3 is 9.80 Å². The number of anilines is 6. The molecule has 0 fully saturated rings. The van der Waals surface area contributed by atoms with E-state index in [1.165, 1.54) is 9.80 Å². The number of halogens is 2. The van der Waals surface area contributed by atoms with Gasteiger partial charge in [-0.1, -0.05) is 277 Å². The summed E-state index contributed by atoms with van der Waals surface area (Å²) in [7, 11) is 0. The lowest BCUT2D eigenvalue weighted by Crippen LogP contribution is -2.15. The fourth-order valence-corrected chi connectivity index (χ4v) is 11.7. The van der Waals surface area contributed by atoms with Crippen molar-refractivity contribution in [2.75, 3.05) is 9.80 Å². The van der Waals surface area contributed by atoms with Gasteiger partial charge in [0.25, 0.3) is 0 Å². The molecule has 0 atom stereocenters. The van der Waals surface area contributed by atoms with Crippen LogP contribution in [0.3, 0.4) is 0 Å². The highest BCUT2D eigenvalue weighted by Crippen LogP contribution is 2.53. The Morgan fingerprint density at radius 1 is 0.298 bits per heavy atom. The zero-order chi connectivity index (χ0) is 67.7. The number of rotatable bonds is 10. The molecule has 0 saturated heterocycles. The van der Waals surface area contributed by atoms with E-state index in [0.29, 0.717) is 65.7 Å². The molecule has 0 bridgehead atoms. The second-order valence-electron chi connectivity index (χ2n) is 26.2. The van der Waals surface area contributed by atoms with E-state index in [1.807, 2.05) is 146 Å². The molecule has 418 valence electrons. The summed E-state index contributed by atoms with van der Waals surface area (Å²) in [5, 5.41) is 3.56. The SMILES string of the molecule is [2H]c1c([2H])c([2H])c(N(c2c(-c3ccc(C(C)(C)C)cc3)ccc(-c3ccc(C(C)(C)C)cc3)c2F)c2ccc3ccc4c(N(c5c([2H])c([2H])c([2H])c([2H])c5[2H])c5c(-c6ccc(C(C)(C)C)cc6)ccc(-c6ccc(C(C)(C)C)cc6)c5F)ccc5ccc2c3c54)c([2H])c1[2H]. The lowest BCUT2D eigenvalue weighted by atomic mass is 9.85. The molecule has 2 nitrogen and oxygen atoms in total. The summed E-state index contributed by atoms with van der Waals surface area (Å²) in [6.07, 6.45) is 0. The molecule has 0 radical (unpaired) electrons. The van der Waals surface area contributed by atoms with Crippen LogP contribution in [0.15, 0.2) is 230 Å². The Balaban J connectivity index is 1.20. The fraction of sp³-hybridized carbons (Fsp3) is 0.200. The molecule has 0 spiro atoms. The number of benzene rings is 12. The third kappa shape index (κ3) is 10.2. The highest BCUT2D eigenvalue weighted by atomic mass is 19.1. The van der Waals surface area contributed by atoms with Gasteiger partial charge in [0.05, 0.1) is 36.5 Å². The Morgan fingerprint density at radius 2 is 0.560 bits per heavy atom. The lowest BCUT2D eigenvalue weighted by molar-refractivity contribution is 0.590. The monoisotopic (exact) mass is 1110 g/mol. The molecule has 12 aromatic carbocycles. The van der Waals surface area contributed by atoms with Crippen LogP contribution in [0.1, 0.15) is 119 Å². The molecule has 4 heteroatoms. The van der Waals surface area contributed by atoms with Gasteiger partial charge in [0.15, 0.2) is 11.6 Å². The van der Waals surface area contributed by atoms with Crippen molar-refractivity contribution in [2.45, 2.75) is 105 Å². The third-order valence-corrected chi connectivity index (χ3v) is 16.4. The molecule has 0 saturated carbocycles. The minimum atomic E-state index is -0.715. The number of hydrogen-bond acceptors (Lipinski definition) is 2. The number of nitrogens with zero attached hydrogens (tertiary/aromatic N) is 2. The summed E-state index contributed by atoms with van der Waals surface area (Å²) in [6, 6.07) is 46.8. The van der Waals surface area contributed by atoms with Gasteiger partial charge in [-0.3, -0.25) is 0 Å². The van der Waals surface area contributed by atoms with E-state index in [2.05, 4.69) is 83.1 Å². The minimum Gasteiger partial charge on any atom is -0.307 e. The van der Waals surface area contributed by atoms with Crippen molar-refractivity contribution in [3.63, 3.8) is 0 Å². The molecule has 12 rings (SSSR count). The molecule has 0 amide bonds. The summed E-state index contributed by atoms with van der Waals surface area (Å²) in [6.45, 7) is 25.2. The first kappa shape index (κ1) is 44.7. The van der Waals surface area contributed by atoms with Crippen molar-refractivity contribution >= 4 is 66.4 Å². The standard InChI is InChI=1S/C80H74F2N2/c1-77(2,3)57-35-23-51(24-36-57)63-45-47-65(53-27-39-59(40-28-53)79(7,8)9)75(73(63)81)83(61-19-15-13-16-20-61)69-49-33-55-32-44-68-70(50-34-56-31-43-67(69)71(55)72(56)68)84(62-21-17-14-18-22-62)76-66(54-29-41-60(42-30-54)80(10,11)12)48-46-64(74(76)82)52-25-37-58(38-26-52)78(4,5)6/h13-50H,1-12H3/i13D,14D,15D,16D,17D,18D,19D,20D,21D,22D. The van der Waals surface area contributed by atoms with E-state index in [0.717, 1.165) is 22.3 Å². The maximum absolute atomic E-state index is 19.1. The Bertz CT molecular complexity index is 4630. The fourth-order valence-electron chi connectivity index (χ4n) is 11.7. The Morgan fingerprint density at radius 3 is 0.845 bits per heavy atom. The van der Waals surface area contributed by atoms with Crippen LogP contribution < -0.4 is 9.80 Å². The maximum Gasteiger partial charge on any atom is 0.155 e. The molecule has 0 aliphatic heterocycles. The normalized spacial score (nSPS) is 14.1. The first-order valence-corrected chi connectivity index (χ1v) is 28.7. The van der Waals surface area contributed by atoms with Gasteiger partial charge in [-0.15, -0.1) is 0 Å². The molecular formula is C80H74F2N2. The minimum absolute atomic E-state index is 0.0750. The summed E-state index contributed by atoms with van der Waals surface area (Å²) in [5.74, 6) is -1.43. The molecular weight excluding hydrogens is 1030 g/mol. The number of hydrogen-bond donors (Lipinski definition) is 0. The van der Waals surface area contributed by atoms with Crippen LogP contribution >= 0.6 is 0 Å². The molecule has 0 aromatic heterocycles. The Kier molecular flexibility index (Phi) is 11.2. The molecule has 0 N–H and O–H groups in total. The van der Waals surface area contributed by atoms with Crippen LogP contribution in [-0.2, 0) is 21.7 Å². The summed E-state index contributed by atoms with van der Waals surface area (Å²) in [4.78, 5) is 2.93. The van der Waals surface area contributed by atoms with Crippen LogP contribution in [0.5, 0.6) is 0 Å². The molecule has 84 heavy (non-hydrogen) atoms. The van der Waals surface area contributed by atoms with E-state index >= 15 is 8.78 Å². The number of para-hydroxylation sites is 2. The molecule has 0 unspecified atom stereocenters. The average Bonchev–Trinajstić information content (AvgIpc) is 0.710. The smallest absolute Gasteiger partial charge is 0.155 e. The van der Waals surface area contributed by atoms with Gasteiger partial charge in [0.2, 0.25) is 0 Å². The molecule has 12 aromatic rings. The zero-order valence-corrected chi connectivity index (χ0v) is 49.8. The predicted molar refractivity (Wildman–Crippen MR) is 356 cm³/mol. The third-order valence-electron chi connectivity index (χ3n) is 16.4. The predicted octanol–water partition coefficient (Wildman–Crippen LogP) is 23.7. The van der Waals surface area contributed by atoms with Crippen LogP contribution in [0.25, 0.3) is 76.8 Å². The summed E-state index contributed by atoms with van der Waals surface area (Å²) >= 11 is 0. The maximum atomic E-state index is 19.1. The summed E-state index contributed by atoms with van der Waals surface area (Å²) < 4.78 is 131. The Labute approximate surface area is 510 Å². The first-order valence-electron chi connectivity index (χ1n) is 33.7. The highest BCUT2D eigenvalue weighted by Gasteiger charge is 2.30. The zero-order valence-electron chi connectivity index (χ0n) is 59.8.